The van der Waals surface area contributed by atoms with E-state index < -0.39 is 0 Å². The highest BCUT2D eigenvalue weighted by atomic mass is 16.5. The Hall–Kier alpha value is -2.14. The Morgan fingerprint density at radius 1 is 1.35 bits per heavy atom. The smallest absolute Gasteiger partial charge is 0.222 e. The van der Waals surface area contributed by atoms with Crippen LogP contribution in [0.25, 0.3) is 0 Å². The minimum absolute atomic E-state index is 0.150. The quantitative estimate of drug-likeness (QED) is 0.832. The molecule has 1 amide bonds. The van der Waals surface area contributed by atoms with Crippen molar-refractivity contribution in [1.29, 1.82) is 0 Å². The van der Waals surface area contributed by atoms with Gasteiger partial charge in [-0.15, -0.1) is 0 Å². The number of nitrogens with one attached hydrogen (secondary N) is 1. The van der Waals surface area contributed by atoms with Crippen LogP contribution >= 0.6 is 0 Å². The first-order chi connectivity index (χ1) is 12.8. The minimum atomic E-state index is 0.150. The van der Waals surface area contributed by atoms with Gasteiger partial charge in [-0.05, 0) is 49.4 Å². The first kappa shape index (κ1) is 17.3. The summed E-state index contributed by atoms with van der Waals surface area (Å²) in [5.41, 5.74) is 2.25. The van der Waals surface area contributed by atoms with Crippen LogP contribution in [0.15, 0.2) is 42.7 Å². The molecule has 0 radical (unpaired) electrons. The Balaban J connectivity index is 1.31. The van der Waals surface area contributed by atoms with Crippen LogP contribution in [0, 0.1) is 11.3 Å². The second kappa shape index (κ2) is 7.62. The number of H-pyrrole nitrogens is 1. The second-order valence-corrected chi connectivity index (χ2v) is 7.74. The summed E-state index contributed by atoms with van der Waals surface area (Å²) in [6, 6.07) is 9.92. The van der Waals surface area contributed by atoms with Gasteiger partial charge in [-0.3, -0.25) is 9.78 Å². The summed E-state index contributed by atoms with van der Waals surface area (Å²) >= 11 is 0. The molecule has 0 unspecified atom stereocenters. The van der Waals surface area contributed by atoms with Crippen LogP contribution in [-0.4, -0.2) is 40.5 Å². The third-order valence-corrected chi connectivity index (χ3v) is 6.03. The topological polar surface area (TPSA) is 58.2 Å². The van der Waals surface area contributed by atoms with Crippen molar-refractivity contribution >= 4 is 5.91 Å². The molecule has 138 valence electrons. The summed E-state index contributed by atoms with van der Waals surface area (Å²) in [7, 11) is 0. The molecule has 1 aliphatic heterocycles. The number of ether oxygens (including phenoxy) is 1. The van der Waals surface area contributed by atoms with Crippen molar-refractivity contribution in [3.05, 3.63) is 54.1 Å². The maximum absolute atomic E-state index is 12.7. The van der Waals surface area contributed by atoms with Gasteiger partial charge in [0.25, 0.3) is 0 Å². The molecule has 1 saturated carbocycles. The van der Waals surface area contributed by atoms with Crippen molar-refractivity contribution in [3.8, 4) is 0 Å². The lowest BCUT2D eigenvalue weighted by Gasteiger charge is -2.28. The van der Waals surface area contributed by atoms with Gasteiger partial charge in [-0.2, -0.15) is 0 Å². The predicted octanol–water partition coefficient (Wildman–Crippen LogP) is 3.19. The van der Waals surface area contributed by atoms with Crippen molar-refractivity contribution in [2.45, 2.75) is 38.7 Å². The fourth-order valence-corrected chi connectivity index (χ4v) is 4.61. The average molecular weight is 353 g/mol. The highest BCUT2D eigenvalue weighted by Crippen LogP contribution is 2.49. The van der Waals surface area contributed by atoms with Gasteiger partial charge < -0.3 is 14.6 Å². The molecule has 0 aromatic carbocycles. The van der Waals surface area contributed by atoms with E-state index in [9.17, 15) is 4.79 Å². The largest absolute Gasteiger partial charge is 0.375 e. The van der Waals surface area contributed by atoms with E-state index in [0.717, 1.165) is 37.5 Å². The van der Waals surface area contributed by atoms with Gasteiger partial charge in [-0.25, -0.2) is 0 Å². The lowest BCUT2D eigenvalue weighted by atomic mass is 9.81. The van der Waals surface area contributed by atoms with Gasteiger partial charge in [-0.1, -0.05) is 12.5 Å². The fourth-order valence-electron chi connectivity index (χ4n) is 4.61. The molecule has 2 aromatic heterocycles. The normalized spacial score (nSPS) is 24.8. The van der Waals surface area contributed by atoms with Crippen LogP contribution in [0.2, 0.25) is 0 Å². The molecule has 2 fully saturated rings. The van der Waals surface area contributed by atoms with Crippen LogP contribution in [0.5, 0.6) is 0 Å². The molecule has 4 rings (SSSR count). The molecule has 1 N–H and O–H groups in total. The zero-order valence-electron chi connectivity index (χ0n) is 15.2. The average Bonchev–Trinajstić information content (AvgIpc) is 3.36. The molecule has 0 bridgehead atoms. The summed E-state index contributed by atoms with van der Waals surface area (Å²) in [5.74, 6) is 0.860. The van der Waals surface area contributed by atoms with Gasteiger partial charge in [0.1, 0.15) is 0 Å². The van der Waals surface area contributed by atoms with Gasteiger partial charge in [0, 0.05) is 43.0 Å². The van der Waals surface area contributed by atoms with Crippen LogP contribution < -0.4 is 0 Å². The number of nitrogens with zero attached hydrogens (tertiary/aromatic N) is 2. The number of fused-ring (bicyclic) bond motifs is 1. The molecule has 1 aliphatic carbocycles. The summed E-state index contributed by atoms with van der Waals surface area (Å²) in [4.78, 5) is 22.3. The fraction of sp³-hybridized carbons (Fsp3) is 0.524. The molecule has 26 heavy (non-hydrogen) atoms. The molecular weight excluding hydrogens is 326 g/mol. The summed E-state index contributed by atoms with van der Waals surface area (Å²) in [6.45, 7) is 3.03. The van der Waals surface area contributed by atoms with Crippen molar-refractivity contribution in [1.82, 2.24) is 14.9 Å². The van der Waals surface area contributed by atoms with Crippen LogP contribution in [-0.2, 0) is 22.6 Å². The number of likely N-dealkylation sites (tertiary alicyclic amines) is 1. The number of aromatic nitrogens is 2. The summed E-state index contributed by atoms with van der Waals surface area (Å²) in [6.07, 6.45) is 8.72. The zero-order chi connectivity index (χ0) is 17.8. The van der Waals surface area contributed by atoms with Crippen molar-refractivity contribution < 1.29 is 9.53 Å². The maximum Gasteiger partial charge on any atom is 0.222 e. The molecule has 1 saturated heterocycles. The van der Waals surface area contributed by atoms with Crippen LogP contribution in [0.3, 0.4) is 0 Å². The Morgan fingerprint density at radius 3 is 3.12 bits per heavy atom. The third-order valence-electron chi connectivity index (χ3n) is 6.03. The molecular formula is C21H27N3O2. The number of aryl methyl sites for hydroxylation is 1. The SMILES string of the molecule is O=C(CCc1ccc[nH]1)N1C[C@H]2CCC[C@@]2(COCc2ccccn2)C1. The van der Waals surface area contributed by atoms with E-state index in [2.05, 4.69) is 14.9 Å². The van der Waals surface area contributed by atoms with Gasteiger partial charge in [0.15, 0.2) is 0 Å². The Bertz CT molecular complexity index is 716. The van der Waals surface area contributed by atoms with E-state index in [-0.39, 0.29) is 11.3 Å². The van der Waals surface area contributed by atoms with E-state index in [0.29, 0.717) is 18.9 Å². The summed E-state index contributed by atoms with van der Waals surface area (Å²) in [5, 5.41) is 0. The van der Waals surface area contributed by atoms with Gasteiger partial charge in [0.05, 0.1) is 18.9 Å². The molecule has 2 aromatic rings. The number of hydrogen-bond acceptors (Lipinski definition) is 3. The Kier molecular flexibility index (Phi) is 5.07. The number of rotatable bonds is 7. The third kappa shape index (κ3) is 3.68. The summed E-state index contributed by atoms with van der Waals surface area (Å²) < 4.78 is 6.05. The van der Waals surface area contributed by atoms with Crippen molar-refractivity contribution in [2.24, 2.45) is 11.3 Å². The molecule has 2 atom stereocenters. The maximum atomic E-state index is 12.7. The van der Waals surface area contributed by atoms with E-state index in [1.165, 1.54) is 19.3 Å². The van der Waals surface area contributed by atoms with E-state index in [1.807, 2.05) is 36.5 Å². The number of pyridine rings is 1. The Labute approximate surface area is 154 Å². The molecule has 2 aliphatic rings. The highest BCUT2D eigenvalue weighted by molar-refractivity contribution is 5.77. The van der Waals surface area contributed by atoms with Gasteiger partial charge >= 0.3 is 0 Å². The van der Waals surface area contributed by atoms with Crippen molar-refractivity contribution in [3.63, 3.8) is 0 Å². The number of aromatic amines is 1. The number of carbonyl (C=O) groups is 1. The van der Waals surface area contributed by atoms with E-state index in [1.54, 1.807) is 6.20 Å². The van der Waals surface area contributed by atoms with E-state index >= 15 is 0 Å². The van der Waals surface area contributed by atoms with Crippen molar-refractivity contribution in [2.75, 3.05) is 19.7 Å². The van der Waals surface area contributed by atoms with Crippen LogP contribution in [0.1, 0.15) is 37.1 Å². The standard InChI is InChI=1S/C21H27N3O2/c25-20(9-8-18-7-4-12-22-18)24-13-17-5-3-10-21(17,15-24)16-26-14-19-6-1-2-11-23-19/h1-2,4,6-7,11-12,17,22H,3,5,8-10,13-16H2/t17-,21+/m1/s1. The molecule has 0 spiro atoms. The first-order valence-electron chi connectivity index (χ1n) is 9.63. The number of amides is 1. The first-order valence-corrected chi connectivity index (χ1v) is 9.63. The predicted molar refractivity (Wildman–Crippen MR) is 99.4 cm³/mol. The molecule has 3 heterocycles. The molecule has 5 heteroatoms. The van der Waals surface area contributed by atoms with Gasteiger partial charge in [0.2, 0.25) is 5.91 Å². The highest BCUT2D eigenvalue weighted by Gasteiger charge is 2.50. The lowest BCUT2D eigenvalue weighted by molar-refractivity contribution is -0.130. The van der Waals surface area contributed by atoms with E-state index in [4.69, 9.17) is 4.74 Å². The minimum Gasteiger partial charge on any atom is -0.375 e. The lowest BCUT2D eigenvalue weighted by Crippen LogP contribution is -2.34. The Morgan fingerprint density at radius 2 is 2.31 bits per heavy atom. The monoisotopic (exact) mass is 353 g/mol. The second-order valence-electron chi connectivity index (χ2n) is 7.74. The number of carbonyl (C=O) groups excluding carboxylic acids is 1. The van der Waals surface area contributed by atoms with Crippen LogP contribution in [0.4, 0.5) is 0 Å². The zero-order valence-corrected chi connectivity index (χ0v) is 15.2. The number of hydrogen-bond donors (Lipinski definition) is 1. The molecule has 5 nitrogen and oxygen atoms in total.